The third-order valence-electron chi connectivity index (χ3n) is 3.71. The van der Waals surface area contributed by atoms with E-state index in [4.69, 9.17) is 4.74 Å². The number of benzene rings is 1. The number of ether oxygens (including phenoxy) is 1. The fourth-order valence-corrected chi connectivity index (χ4v) is 3.70. The molecule has 2 rings (SSSR count). The van der Waals surface area contributed by atoms with E-state index in [2.05, 4.69) is 41.9 Å². The Kier molecular flexibility index (Phi) is 5.54. The molecule has 0 radical (unpaired) electrons. The van der Waals surface area contributed by atoms with E-state index in [1.165, 1.54) is 24.8 Å². The van der Waals surface area contributed by atoms with E-state index in [1.807, 2.05) is 11.8 Å². The van der Waals surface area contributed by atoms with Crippen LogP contribution >= 0.6 is 11.8 Å². The fraction of sp³-hybridized carbons (Fsp3) is 0.600. The molecule has 0 bridgehead atoms. The number of rotatable bonds is 6. The average Bonchev–Trinajstić information content (AvgIpc) is 2.86. The van der Waals surface area contributed by atoms with Gasteiger partial charge in [-0.3, -0.25) is 0 Å². The Morgan fingerprint density at radius 3 is 2.78 bits per heavy atom. The van der Waals surface area contributed by atoms with Gasteiger partial charge in [-0.1, -0.05) is 36.8 Å². The first-order chi connectivity index (χ1) is 8.85. The van der Waals surface area contributed by atoms with Crippen LogP contribution < -0.4 is 5.32 Å². The third kappa shape index (κ3) is 3.50. The summed E-state index contributed by atoms with van der Waals surface area (Å²) < 4.78 is 5.37. The molecule has 3 unspecified atom stereocenters. The highest BCUT2D eigenvalue weighted by molar-refractivity contribution is 7.99. The van der Waals surface area contributed by atoms with Crippen LogP contribution in [0.5, 0.6) is 0 Å². The number of methoxy groups -OCH3 is 1. The van der Waals surface area contributed by atoms with Crippen molar-refractivity contribution in [3.63, 3.8) is 0 Å². The van der Waals surface area contributed by atoms with Gasteiger partial charge in [-0.2, -0.15) is 11.8 Å². The minimum absolute atomic E-state index is 0.314. The highest BCUT2D eigenvalue weighted by atomic mass is 32.2. The van der Waals surface area contributed by atoms with E-state index in [0.717, 1.165) is 11.9 Å². The SMILES string of the molecule is COCC(NC1CCCC1SC)c1ccccc1. The lowest BCUT2D eigenvalue weighted by Gasteiger charge is -2.26. The van der Waals surface area contributed by atoms with Gasteiger partial charge in [-0.25, -0.2) is 0 Å². The molecule has 3 atom stereocenters. The molecule has 18 heavy (non-hydrogen) atoms. The van der Waals surface area contributed by atoms with Crippen LogP contribution in [0.3, 0.4) is 0 Å². The molecule has 1 aromatic rings. The second-order valence-electron chi connectivity index (χ2n) is 4.90. The van der Waals surface area contributed by atoms with Crippen molar-refractivity contribution in [2.75, 3.05) is 20.0 Å². The Morgan fingerprint density at radius 2 is 2.11 bits per heavy atom. The van der Waals surface area contributed by atoms with Gasteiger partial charge in [0.1, 0.15) is 0 Å². The second kappa shape index (κ2) is 7.17. The molecule has 1 aliphatic carbocycles. The Labute approximate surface area is 114 Å². The molecule has 1 saturated carbocycles. The Hall–Kier alpha value is -0.510. The summed E-state index contributed by atoms with van der Waals surface area (Å²) in [7, 11) is 1.78. The van der Waals surface area contributed by atoms with Gasteiger partial charge in [0.25, 0.3) is 0 Å². The number of hydrogen-bond donors (Lipinski definition) is 1. The van der Waals surface area contributed by atoms with Crippen molar-refractivity contribution >= 4 is 11.8 Å². The minimum Gasteiger partial charge on any atom is -0.383 e. The van der Waals surface area contributed by atoms with Gasteiger partial charge in [0, 0.05) is 18.4 Å². The molecule has 100 valence electrons. The van der Waals surface area contributed by atoms with Crippen LogP contribution in [0, 0.1) is 0 Å². The van der Waals surface area contributed by atoms with Crippen molar-refractivity contribution in [1.29, 1.82) is 0 Å². The summed E-state index contributed by atoms with van der Waals surface area (Å²) in [6.07, 6.45) is 6.20. The van der Waals surface area contributed by atoms with Gasteiger partial charge in [0.05, 0.1) is 12.6 Å². The first kappa shape index (κ1) is 13.9. The maximum atomic E-state index is 5.37. The first-order valence-corrected chi connectivity index (χ1v) is 7.96. The van der Waals surface area contributed by atoms with E-state index < -0.39 is 0 Å². The molecule has 1 fully saturated rings. The largest absolute Gasteiger partial charge is 0.383 e. The molecule has 3 heteroatoms. The topological polar surface area (TPSA) is 21.3 Å². The fourth-order valence-electron chi connectivity index (χ4n) is 2.75. The molecule has 0 saturated heterocycles. The van der Waals surface area contributed by atoms with E-state index in [-0.39, 0.29) is 0 Å². The van der Waals surface area contributed by atoms with E-state index in [0.29, 0.717) is 12.1 Å². The predicted molar refractivity (Wildman–Crippen MR) is 79.1 cm³/mol. The maximum Gasteiger partial charge on any atom is 0.0657 e. The molecule has 1 N–H and O–H groups in total. The smallest absolute Gasteiger partial charge is 0.0657 e. The summed E-state index contributed by atoms with van der Waals surface area (Å²) in [6, 6.07) is 11.6. The first-order valence-electron chi connectivity index (χ1n) is 6.68. The molecule has 2 nitrogen and oxygen atoms in total. The van der Waals surface area contributed by atoms with Gasteiger partial charge in [-0.05, 0) is 24.7 Å². The van der Waals surface area contributed by atoms with Crippen LogP contribution in [0.2, 0.25) is 0 Å². The lowest BCUT2D eigenvalue weighted by Crippen LogP contribution is -2.38. The standard InChI is InChI=1S/C15H23NOS/c1-17-11-14(12-7-4-3-5-8-12)16-13-9-6-10-15(13)18-2/h3-5,7-8,13-16H,6,9-11H2,1-2H3. The van der Waals surface area contributed by atoms with E-state index in [9.17, 15) is 0 Å². The molecule has 0 amide bonds. The number of nitrogens with one attached hydrogen (secondary N) is 1. The van der Waals surface area contributed by atoms with Crippen LogP contribution in [0.1, 0.15) is 30.9 Å². The lowest BCUT2D eigenvalue weighted by molar-refractivity contribution is 0.161. The highest BCUT2D eigenvalue weighted by Gasteiger charge is 2.28. The monoisotopic (exact) mass is 265 g/mol. The van der Waals surface area contributed by atoms with Gasteiger partial charge >= 0.3 is 0 Å². The van der Waals surface area contributed by atoms with Gasteiger partial charge in [-0.15, -0.1) is 0 Å². The zero-order valence-corrected chi connectivity index (χ0v) is 12.1. The Balaban J connectivity index is 2.02. The maximum absolute atomic E-state index is 5.37. The van der Waals surface area contributed by atoms with Crippen LogP contribution in [0.25, 0.3) is 0 Å². The van der Waals surface area contributed by atoms with Crippen LogP contribution in [-0.4, -0.2) is 31.3 Å². The van der Waals surface area contributed by atoms with Crippen LogP contribution in [0.15, 0.2) is 30.3 Å². The molecule has 0 heterocycles. The Morgan fingerprint density at radius 1 is 1.33 bits per heavy atom. The van der Waals surface area contributed by atoms with Crippen molar-refractivity contribution in [2.24, 2.45) is 0 Å². The van der Waals surface area contributed by atoms with Crippen molar-refractivity contribution in [1.82, 2.24) is 5.32 Å². The molecule has 0 aromatic heterocycles. The highest BCUT2D eigenvalue weighted by Crippen LogP contribution is 2.30. The normalized spacial score (nSPS) is 25.2. The van der Waals surface area contributed by atoms with Crippen molar-refractivity contribution < 1.29 is 4.74 Å². The average molecular weight is 265 g/mol. The van der Waals surface area contributed by atoms with Gasteiger partial charge in [0.2, 0.25) is 0 Å². The minimum atomic E-state index is 0.314. The zero-order valence-electron chi connectivity index (χ0n) is 11.3. The predicted octanol–water partition coefficient (Wildman–Crippen LogP) is 3.25. The number of hydrogen-bond acceptors (Lipinski definition) is 3. The molecule has 0 aliphatic heterocycles. The summed E-state index contributed by atoms with van der Waals surface area (Å²) in [5.74, 6) is 0. The Bertz CT molecular complexity index is 344. The summed E-state index contributed by atoms with van der Waals surface area (Å²) in [4.78, 5) is 0. The molecule has 1 aromatic carbocycles. The van der Waals surface area contributed by atoms with Crippen LogP contribution in [0.4, 0.5) is 0 Å². The summed E-state index contributed by atoms with van der Waals surface area (Å²) in [5.41, 5.74) is 1.33. The summed E-state index contributed by atoms with van der Waals surface area (Å²) >= 11 is 1.99. The molecular formula is C15H23NOS. The van der Waals surface area contributed by atoms with Crippen molar-refractivity contribution in [3.8, 4) is 0 Å². The molecular weight excluding hydrogens is 242 g/mol. The summed E-state index contributed by atoms with van der Waals surface area (Å²) in [5, 5.41) is 4.55. The van der Waals surface area contributed by atoms with E-state index in [1.54, 1.807) is 7.11 Å². The van der Waals surface area contributed by atoms with Crippen molar-refractivity contribution in [3.05, 3.63) is 35.9 Å². The van der Waals surface area contributed by atoms with Gasteiger partial charge in [0.15, 0.2) is 0 Å². The summed E-state index contributed by atoms with van der Waals surface area (Å²) in [6.45, 7) is 0.738. The third-order valence-corrected chi connectivity index (χ3v) is 4.88. The lowest BCUT2D eigenvalue weighted by atomic mass is 10.1. The second-order valence-corrected chi connectivity index (χ2v) is 5.97. The quantitative estimate of drug-likeness (QED) is 0.853. The number of thioether (sulfide) groups is 1. The van der Waals surface area contributed by atoms with E-state index >= 15 is 0 Å². The van der Waals surface area contributed by atoms with Gasteiger partial charge < -0.3 is 10.1 Å². The molecule has 1 aliphatic rings. The van der Waals surface area contributed by atoms with Crippen molar-refractivity contribution in [2.45, 2.75) is 36.6 Å². The van der Waals surface area contributed by atoms with Crippen LogP contribution in [-0.2, 0) is 4.74 Å². The molecule has 0 spiro atoms. The zero-order chi connectivity index (χ0) is 12.8.